The average molecular weight is 306 g/mol. The fourth-order valence-corrected chi connectivity index (χ4v) is 2.57. The summed E-state index contributed by atoms with van der Waals surface area (Å²) in [4.78, 5) is 23.1. The van der Waals surface area contributed by atoms with Crippen LogP contribution in [0.4, 0.5) is 0 Å². The highest BCUT2D eigenvalue weighted by atomic mass is 16.5. The Bertz CT molecular complexity index is 930. The van der Waals surface area contributed by atoms with Crippen LogP contribution in [-0.4, -0.2) is 16.5 Å². The number of ether oxygens (including phenoxy) is 1. The topological polar surface area (TPSA) is 72.1 Å². The molecule has 0 atom stereocenters. The van der Waals surface area contributed by atoms with Gasteiger partial charge in [-0.25, -0.2) is 0 Å². The van der Waals surface area contributed by atoms with Gasteiger partial charge in [-0.3, -0.25) is 14.2 Å². The predicted octanol–water partition coefficient (Wildman–Crippen LogP) is 2.59. The van der Waals surface area contributed by atoms with Crippen molar-refractivity contribution in [2.75, 3.05) is 0 Å². The third kappa shape index (κ3) is 2.67. The fourth-order valence-electron chi connectivity index (χ4n) is 2.57. The standard InChI is InChI=1S/C18H14N2O3/c1-18(2)9-15(20-6-5-13(11-21)8-17(20)22)14-7-12(10-19)3-4-16(14)23-18/h3-9,11H,1-2H3. The molecule has 0 radical (unpaired) electrons. The van der Waals surface area contributed by atoms with Gasteiger partial charge in [0, 0.05) is 23.4 Å². The number of carbonyl (C=O) groups is 1. The summed E-state index contributed by atoms with van der Waals surface area (Å²) in [6.45, 7) is 3.78. The molecule has 2 heterocycles. The van der Waals surface area contributed by atoms with Crippen LogP contribution in [0.15, 0.2) is 47.4 Å². The number of nitriles is 1. The van der Waals surface area contributed by atoms with Crippen LogP contribution in [0.25, 0.3) is 5.70 Å². The van der Waals surface area contributed by atoms with E-state index in [1.165, 1.54) is 10.6 Å². The molecule has 0 fully saturated rings. The number of fused-ring (bicyclic) bond motifs is 1. The maximum Gasteiger partial charge on any atom is 0.255 e. The van der Waals surface area contributed by atoms with E-state index < -0.39 is 5.60 Å². The van der Waals surface area contributed by atoms with E-state index in [2.05, 4.69) is 6.07 Å². The fraction of sp³-hybridized carbons (Fsp3) is 0.167. The number of rotatable bonds is 2. The van der Waals surface area contributed by atoms with Crippen molar-refractivity contribution >= 4 is 12.0 Å². The molecule has 1 aliphatic heterocycles. The van der Waals surface area contributed by atoms with Crippen molar-refractivity contribution in [1.82, 2.24) is 4.57 Å². The first-order valence-electron chi connectivity index (χ1n) is 7.08. The van der Waals surface area contributed by atoms with Crippen LogP contribution in [0.5, 0.6) is 5.75 Å². The molecule has 0 bridgehead atoms. The van der Waals surface area contributed by atoms with Crippen LogP contribution in [0.2, 0.25) is 0 Å². The first kappa shape index (κ1) is 14.8. The highest BCUT2D eigenvalue weighted by Gasteiger charge is 2.28. The van der Waals surface area contributed by atoms with Crippen LogP contribution in [0.3, 0.4) is 0 Å². The Labute approximate surface area is 133 Å². The molecule has 0 spiro atoms. The third-order valence-corrected chi connectivity index (χ3v) is 3.58. The molecule has 1 aliphatic rings. The van der Waals surface area contributed by atoms with E-state index in [9.17, 15) is 9.59 Å². The van der Waals surface area contributed by atoms with Gasteiger partial charge in [-0.1, -0.05) is 0 Å². The van der Waals surface area contributed by atoms with Gasteiger partial charge in [0.25, 0.3) is 5.56 Å². The minimum Gasteiger partial charge on any atom is -0.483 e. The van der Waals surface area contributed by atoms with Gasteiger partial charge in [0.1, 0.15) is 17.6 Å². The normalized spacial score (nSPS) is 14.9. The van der Waals surface area contributed by atoms with E-state index in [1.807, 2.05) is 19.9 Å². The summed E-state index contributed by atoms with van der Waals surface area (Å²) < 4.78 is 7.35. The SMILES string of the molecule is CC1(C)C=C(n2ccc(C=O)cc2=O)c2cc(C#N)ccc2O1. The molecular weight excluding hydrogens is 292 g/mol. The quantitative estimate of drug-likeness (QED) is 0.799. The van der Waals surface area contributed by atoms with E-state index in [-0.39, 0.29) is 5.56 Å². The Balaban J connectivity index is 2.25. The van der Waals surface area contributed by atoms with Crippen LogP contribution in [0.1, 0.15) is 35.3 Å². The molecule has 3 rings (SSSR count). The van der Waals surface area contributed by atoms with Gasteiger partial charge in [0.15, 0.2) is 0 Å². The number of nitrogens with zero attached hydrogens (tertiary/aromatic N) is 2. The van der Waals surface area contributed by atoms with Crippen LogP contribution in [-0.2, 0) is 0 Å². The Kier molecular flexibility index (Phi) is 3.38. The third-order valence-electron chi connectivity index (χ3n) is 3.58. The molecule has 5 nitrogen and oxygen atoms in total. The van der Waals surface area contributed by atoms with E-state index in [4.69, 9.17) is 10.00 Å². The summed E-state index contributed by atoms with van der Waals surface area (Å²) >= 11 is 0. The number of benzene rings is 1. The highest BCUT2D eigenvalue weighted by Crippen LogP contribution is 2.36. The van der Waals surface area contributed by atoms with Gasteiger partial charge >= 0.3 is 0 Å². The molecule has 1 aromatic carbocycles. The molecule has 0 saturated carbocycles. The summed E-state index contributed by atoms with van der Waals surface area (Å²) in [5.41, 5.74) is 1.20. The number of pyridine rings is 1. The maximum atomic E-state index is 12.3. The second-order valence-electron chi connectivity index (χ2n) is 5.84. The Hall–Kier alpha value is -3.13. The Morgan fingerprint density at radius 2 is 2.04 bits per heavy atom. The summed E-state index contributed by atoms with van der Waals surface area (Å²) in [5.74, 6) is 0.609. The first-order chi connectivity index (χ1) is 10.9. The second kappa shape index (κ2) is 5.25. The molecule has 0 amide bonds. The van der Waals surface area contributed by atoms with Gasteiger partial charge in [0.05, 0.1) is 17.3 Å². The second-order valence-corrected chi connectivity index (χ2v) is 5.84. The largest absolute Gasteiger partial charge is 0.483 e. The zero-order chi connectivity index (χ0) is 16.6. The van der Waals surface area contributed by atoms with E-state index in [1.54, 1.807) is 30.5 Å². The number of hydrogen-bond donors (Lipinski definition) is 0. The monoisotopic (exact) mass is 306 g/mol. The van der Waals surface area contributed by atoms with Crippen molar-refractivity contribution in [1.29, 1.82) is 5.26 Å². The summed E-state index contributed by atoms with van der Waals surface area (Å²) in [6.07, 6.45) is 4.02. The lowest BCUT2D eigenvalue weighted by Crippen LogP contribution is -2.32. The van der Waals surface area contributed by atoms with Gasteiger partial charge in [-0.05, 0) is 44.2 Å². The van der Waals surface area contributed by atoms with Crippen LogP contribution < -0.4 is 10.3 Å². The van der Waals surface area contributed by atoms with Crippen LogP contribution >= 0.6 is 0 Å². The van der Waals surface area contributed by atoms with Crippen molar-refractivity contribution in [3.8, 4) is 11.8 Å². The Morgan fingerprint density at radius 1 is 1.26 bits per heavy atom. The highest BCUT2D eigenvalue weighted by molar-refractivity contribution is 5.77. The predicted molar refractivity (Wildman–Crippen MR) is 85.3 cm³/mol. The van der Waals surface area contributed by atoms with Gasteiger partial charge in [-0.2, -0.15) is 5.26 Å². The number of carbonyl (C=O) groups excluding carboxylic acids is 1. The van der Waals surface area contributed by atoms with Crippen molar-refractivity contribution in [2.24, 2.45) is 0 Å². The number of hydrogen-bond acceptors (Lipinski definition) is 4. The number of aromatic nitrogens is 1. The van der Waals surface area contributed by atoms with Crippen molar-refractivity contribution in [2.45, 2.75) is 19.4 Å². The van der Waals surface area contributed by atoms with Crippen molar-refractivity contribution < 1.29 is 9.53 Å². The summed E-state index contributed by atoms with van der Waals surface area (Å²) in [6, 6.07) is 10.0. The van der Waals surface area contributed by atoms with E-state index >= 15 is 0 Å². The maximum absolute atomic E-state index is 12.3. The minimum atomic E-state index is -0.598. The molecule has 0 N–H and O–H groups in total. The summed E-state index contributed by atoms with van der Waals surface area (Å²) in [7, 11) is 0. The molecule has 0 aliphatic carbocycles. The molecule has 0 unspecified atom stereocenters. The van der Waals surface area contributed by atoms with Gasteiger partial charge in [-0.15, -0.1) is 0 Å². The van der Waals surface area contributed by atoms with Crippen molar-refractivity contribution in [3.05, 3.63) is 69.6 Å². The lowest BCUT2D eigenvalue weighted by Gasteiger charge is -2.31. The smallest absolute Gasteiger partial charge is 0.255 e. The lowest BCUT2D eigenvalue weighted by atomic mass is 9.97. The molecule has 5 heteroatoms. The first-order valence-corrected chi connectivity index (χ1v) is 7.08. The van der Waals surface area contributed by atoms with E-state index in [0.29, 0.717) is 34.4 Å². The van der Waals surface area contributed by atoms with E-state index in [0.717, 1.165) is 0 Å². The van der Waals surface area contributed by atoms with Gasteiger partial charge < -0.3 is 4.74 Å². The molecule has 2 aromatic rings. The molecule has 1 aromatic heterocycles. The molecule has 0 saturated heterocycles. The minimum absolute atomic E-state index is 0.313. The Morgan fingerprint density at radius 3 is 2.70 bits per heavy atom. The zero-order valence-electron chi connectivity index (χ0n) is 12.7. The summed E-state index contributed by atoms with van der Waals surface area (Å²) in [5, 5.41) is 9.10. The zero-order valence-corrected chi connectivity index (χ0v) is 12.7. The van der Waals surface area contributed by atoms with Crippen molar-refractivity contribution in [3.63, 3.8) is 0 Å². The molecule has 23 heavy (non-hydrogen) atoms. The van der Waals surface area contributed by atoms with Crippen LogP contribution in [0, 0.1) is 11.3 Å². The van der Waals surface area contributed by atoms with Gasteiger partial charge in [0.2, 0.25) is 0 Å². The average Bonchev–Trinajstić information content (AvgIpc) is 2.53. The number of aldehydes is 1. The lowest BCUT2D eigenvalue weighted by molar-refractivity contribution is 0.112. The molecule has 114 valence electrons. The molecular formula is C18H14N2O3.